The molecule has 0 aliphatic carbocycles. The highest BCUT2D eigenvalue weighted by molar-refractivity contribution is 6.09. The van der Waals surface area contributed by atoms with E-state index in [1.807, 2.05) is 30.3 Å². The lowest BCUT2D eigenvalue weighted by Crippen LogP contribution is -2.14. The predicted molar refractivity (Wildman–Crippen MR) is 115 cm³/mol. The van der Waals surface area contributed by atoms with Gasteiger partial charge < -0.3 is 24.1 Å². The minimum absolute atomic E-state index is 0.140. The van der Waals surface area contributed by atoms with Crippen LogP contribution in [0.1, 0.15) is 16.1 Å². The van der Waals surface area contributed by atoms with Crippen LogP contribution in [0.2, 0.25) is 0 Å². The highest BCUT2D eigenvalue weighted by atomic mass is 16.7. The Kier molecular flexibility index (Phi) is 4.91. The summed E-state index contributed by atoms with van der Waals surface area (Å²) >= 11 is 0. The molecule has 0 atom stereocenters. The highest BCUT2D eigenvalue weighted by Gasteiger charge is 2.23. The van der Waals surface area contributed by atoms with Crippen molar-refractivity contribution in [3.8, 4) is 40.0 Å². The number of fused-ring (bicyclic) bond motifs is 1. The van der Waals surface area contributed by atoms with Crippen LogP contribution in [0, 0.1) is 6.92 Å². The van der Waals surface area contributed by atoms with E-state index in [1.54, 1.807) is 31.3 Å². The Hall–Kier alpha value is -4.40. The van der Waals surface area contributed by atoms with Crippen molar-refractivity contribution in [1.82, 2.24) is 15.1 Å². The third kappa shape index (κ3) is 3.49. The lowest BCUT2D eigenvalue weighted by Gasteiger charge is -2.11. The van der Waals surface area contributed by atoms with Crippen molar-refractivity contribution in [3.05, 3.63) is 66.1 Å². The fraction of sp³-hybridized carbons (Fsp3) is 0.130. The molecule has 160 valence electrons. The number of amides is 1. The van der Waals surface area contributed by atoms with Crippen molar-refractivity contribution in [2.75, 3.05) is 19.2 Å². The van der Waals surface area contributed by atoms with Gasteiger partial charge in [-0.3, -0.25) is 4.79 Å². The lowest BCUT2D eigenvalue weighted by molar-refractivity contribution is 0.102. The van der Waals surface area contributed by atoms with Crippen LogP contribution >= 0.6 is 0 Å². The number of hydrogen-bond donors (Lipinski definition) is 1. The van der Waals surface area contributed by atoms with E-state index in [1.165, 1.54) is 7.11 Å². The van der Waals surface area contributed by atoms with Gasteiger partial charge in [0.25, 0.3) is 11.8 Å². The number of nitrogens with zero attached hydrogens (tertiary/aromatic N) is 3. The third-order valence-corrected chi connectivity index (χ3v) is 4.96. The van der Waals surface area contributed by atoms with Crippen LogP contribution in [0.25, 0.3) is 22.5 Å². The van der Waals surface area contributed by atoms with Crippen molar-refractivity contribution in [3.63, 3.8) is 0 Å². The number of hydrogen-bond acceptors (Lipinski definition) is 8. The smallest absolute Gasteiger partial charge is 0.261 e. The largest absolute Gasteiger partial charge is 0.479 e. The zero-order valence-corrected chi connectivity index (χ0v) is 17.3. The molecule has 0 radical (unpaired) electrons. The van der Waals surface area contributed by atoms with E-state index in [-0.39, 0.29) is 18.6 Å². The Morgan fingerprint density at radius 3 is 2.75 bits per heavy atom. The summed E-state index contributed by atoms with van der Waals surface area (Å²) in [6.07, 6.45) is 1.64. The summed E-state index contributed by atoms with van der Waals surface area (Å²) in [6, 6.07) is 14.6. The van der Waals surface area contributed by atoms with Gasteiger partial charge in [-0.15, -0.1) is 0 Å². The number of benzene rings is 1. The summed E-state index contributed by atoms with van der Waals surface area (Å²) in [5.74, 6) is 1.29. The zero-order chi connectivity index (χ0) is 22.1. The Balaban J connectivity index is 1.44. The van der Waals surface area contributed by atoms with Gasteiger partial charge in [-0.25, -0.2) is 9.97 Å². The first-order valence-electron chi connectivity index (χ1n) is 9.78. The van der Waals surface area contributed by atoms with Crippen LogP contribution in [0.4, 0.5) is 5.69 Å². The van der Waals surface area contributed by atoms with Gasteiger partial charge >= 0.3 is 0 Å². The fourth-order valence-corrected chi connectivity index (χ4v) is 3.40. The summed E-state index contributed by atoms with van der Waals surface area (Å²) in [6.45, 7) is 1.83. The van der Waals surface area contributed by atoms with Crippen molar-refractivity contribution < 1.29 is 23.5 Å². The molecule has 1 aliphatic rings. The number of ether oxygens (including phenoxy) is 3. The Labute approximate surface area is 183 Å². The maximum absolute atomic E-state index is 13.1. The monoisotopic (exact) mass is 430 g/mol. The average molecular weight is 430 g/mol. The topological polar surface area (TPSA) is 109 Å². The Bertz CT molecular complexity index is 1300. The Morgan fingerprint density at radius 1 is 1.09 bits per heavy atom. The second kappa shape index (κ2) is 8.03. The fourth-order valence-electron chi connectivity index (χ4n) is 3.40. The number of carbonyl (C=O) groups excluding carboxylic acids is 1. The van der Waals surface area contributed by atoms with Crippen molar-refractivity contribution in [2.45, 2.75) is 6.92 Å². The van der Waals surface area contributed by atoms with E-state index in [0.29, 0.717) is 40.0 Å². The highest BCUT2D eigenvalue weighted by Crippen LogP contribution is 2.35. The second-order valence-corrected chi connectivity index (χ2v) is 6.97. The molecule has 9 nitrogen and oxygen atoms in total. The normalized spacial score (nSPS) is 11.9. The molecule has 5 rings (SSSR count). The van der Waals surface area contributed by atoms with Crippen molar-refractivity contribution in [2.24, 2.45) is 0 Å². The number of pyridine rings is 2. The Morgan fingerprint density at radius 2 is 1.94 bits per heavy atom. The third-order valence-electron chi connectivity index (χ3n) is 4.96. The lowest BCUT2D eigenvalue weighted by atomic mass is 10.1. The van der Waals surface area contributed by atoms with E-state index >= 15 is 0 Å². The van der Waals surface area contributed by atoms with Gasteiger partial charge in [-0.2, -0.15) is 0 Å². The first-order valence-corrected chi connectivity index (χ1v) is 9.78. The van der Waals surface area contributed by atoms with E-state index < -0.39 is 0 Å². The van der Waals surface area contributed by atoms with E-state index in [9.17, 15) is 4.79 Å². The van der Waals surface area contributed by atoms with E-state index in [2.05, 4.69) is 20.4 Å². The number of nitrogens with one attached hydrogen (secondary N) is 1. The van der Waals surface area contributed by atoms with Crippen LogP contribution in [-0.4, -0.2) is 34.9 Å². The molecule has 3 aromatic heterocycles. The van der Waals surface area contributed by atoms with E-state index in [0.717, 1.165) is 11.1 Å². The molecule has 4 aromatic rings. The minimum atomic E-state index is -0.375. The van der Waals surface area contributed by atoms with Crippen LogP contribution in [0.15, 0.2) is 59.3 Å². The average Bonchev–Trinajstić information content (AvgIpc) is 3.45. The number of anilines is 1. The van der Waals surface area contributed by atoms with Gasteiger partial charge in [0.05, 0.1) is 12.8 Å². The molecular formula is C23H18N4O5. The number of aryl methyl sites for hydroxylation is 1. The maximum atomic E-state index is 13.1. The molecule has 0 unspecified atom stereocenters. The van der Waals surface area contributed by atoms with Crippen molar-refractivity contribution in [1.29, 1.82) is 0 Å². The molecular weight excluding hydrogens is 412 g/mol. The summed E-state index contributed by atoms with van der Waals surface area (Å²) in [5, 5.41) is 6.91. The first kappa shape index (κ1) is 19.6. The summed E-state index contributed by atoms with van der Waals surface area (Å²) in [4.78, 5) is 21.8. The van der Waals surface area contributed by atoms with Gasteiger partial charge in [0.1, 0.15) is 22.7 Å². The summed E-state index contributed by atoms with van der Waals surface area (Å²) in [7, 11) is 1.49. The van der Waals surface area contributed by atoms with Crippen molar-refractivity contribution >= 4 is 11.6 Å². The SMILES string of the molecule is COc1nc(-c2cnc3c(c2)OCO3)ccc1NC(=O)c1c(-c2ccccc2)noc1C. The number of carbonyl (C=O) groups is 1. The predicted octanol–water partition coefficient (Wildman–Crippen LogP) is 4.10. The van der Waals surface area contributed by atoms with E-state index in [4.69, 9.17) is 18.7 Å². The second-order valence-electron chi connectivity index (χ2n) is 6.97. The summed E-state index contributed by atoms with van der Waals surface area (Å²) in [5.41, 5.74) is 3.35. The molecule has 0 saturated carbocycles. The first-order chi connectivity index (χ1) is 15.6. The molecule has 0 fully saturated rings. The van der Waals surface area contributed by atoms with Gasteiger partial charge in [0.15, 0.2) is 5.75 Å². The van der Waals surface area contributed by atoms with Crippen LogP contribution in [0.3, 0.4) is 0 Å². The summed E-state index contributed by atoms with van der Waals surface area (Å²) < 4.78 is 21.3. The molecule has 1 aromatic carbocycles. The van der Waals surface area contributed by atoms with Gasteiger partial charge in [0.2, 0.25) is 12.7 Å². The molecule has 1 aliphatic heterocycles. The standard InChI is InChI=1S/C23H18N4O5/c1-13-19(20(27-32-13)14-6-4-3-5-7-14)21(28)25-17-9-8-16(26-22(17)29-2)15-10-18-23(24-11-15)31-12-30-18/h3-11H,12H2,1-2H3,(H,25,28). The zero-order valence-electron chi connectivity index (χ0n) is 17.3. The molecule has 0 saturated heterocycles. The minimum Gasteiger partial charge on any atom is -0.479 e. The number of aromatic nitrogens is 3. The van der Waals surface area contributed by atoms with Crippen LogP contribution in [0.5, 0.6) is 17.5 Å². The van der Waals surface area contributed by atoms with Crippen LogP contribution < -0.4 is 19.5 Å². The molecule has 4 heterocycles. The van der Waals surface area contributed by atoms with Gasteiger partial charge in [0, 0.05) is 17.3 Å². The van der Waals surface area contributed by atoms with Gasteiger partial charge in [-0.05, 0) is 25.1 Å². The molecule has 0 spiro atoms. The molecule has 0 bridgehead atoms. The molecule has 1 N–H and O–H groups in total. The maximum Gasteiger partial charge on any atom is 0.261 e. The molecule has 32 heavy (non-hydrogen) atoms. The molecule has 1 amide bonds. The number of rotatable bonds is 5. The molecule has 9 heteroatoms. The van der Waals surface area contributed by atoms with Gasteiger partial charge in [-0.1, -0.05) is 35.5 Å². The quantitative estimate of drug-likeness (QED) is 0.504. The number of methoxy groups -OCH3 is 1. The van der Waals surface area contributed by atoms with Crippen LogP contribution in [-0.2, 0) is 0 Å².